The van der Waals surface area contributed by atoms with Crippen LogP contribution in [-0.2, 0) is 6.42 Å². The average Bonchev–Trinajstić information content (AvgIpc) is 2.96. The van der Waals surface area contributed by atoms with E-state index in [1.54, 1.807) is 0 Å². The third-order valence-electron chi connectivity index (χ3n) is 8.04. The van der Waals surface area contributed by atoms with Gasteiger partial charge in [-0.05, 0) is 126 Å². The van der Waals surface area contributed by atoms with Crippen LogP contribution in [0.5, 0.6) is 0 Å². The van der Waals surface area contributed by atoms with Crippen LogP contribution in [0.1, 0.15) is 98.6 Å². The van der Waals surface area contributed by atoms with Crippen molar-refractivity contribution in [1.29, 1.82) is 0 Å². The lowest BCUT2D eigenvalue weighted by Gasteiger charge is -2.32. The fraction of sp³-hybridized carbons (Fsp3) is 0.381. The van der Waals surface area contributed by atoms with E-state index >= 15 is 0 Å². The van der Waals surface area contributed by atoms with Gasteiger partial charge in [0.05, 0.1) is 0 Å². The Morgan fingerprint density at radius 2 is 1.67 bits per heavy atom. The maximum atomic E-state index is 3.40. The Kier molecular flexibility index (Phi) is 15.6. The summed E-state index contributed by atoms with van der Waals surface area (Å²) in [5, 5.41) is 3.40. The molecule has 0 bridgehead atoms. The number of unbranched alkanes of at least 4 members (excludes halogenated alkanes) is 1. The first-order chi connectivity index (χ1) is 20.6. The predicted molar refractivity (Wildman–Crippen MR) is 193 cm³/mol. The number of aryl methyl sites for hydroxylation is 2. The van der Waals surface area contributed by atoms with E-state index in [1.807, 2.05) is 13.1 Å². The minimum absolute atomic E-state index is 0.0357. The van der Waals surface area contributed by atoms with Gasteiger partial charge in [0.25, 0.3) is 0 Å². The standard InChI is InChI=1S/C42H57N/c1-10-13-14-18-29-42(8,9)41-32-39(40(41)24-17-19-30-43-36(7)34(5)20-11-2)31-38(35(6)21-12-3)23-16-15-22-37-27-25-33(4)26-28-37/h10-11,13,17-21,24-32,43H,12,14-16,22-23H2,1-9H3/b13-10-,20-11-,24-17-,29-18+,30-19-,35-21-,36-34+,38-31+. The molecule has 1 aromatic carbocycles. The predicted octanol–water partition coefficient (Wildman–Crippen LogP) is 12.3. The number of nitrogens with one attached hydrogen (secondary N) is 1. The Hall–Kier alpha value is -3.58. The maximum Gasteiger partial charge on any atom is 0.0144 e. The molecule has 43 heavy (non-hydrogen) atoms. The number of hydrogen-bond acceptors (Lipinski definition) is 1. The molecule has 2 rings (SSSR count). The Morgan fingerprint density at radius 1 is 0.930 bits per heavy atom. The molecule has 1 aliphatic rings. The van der Waals surface area contributed by atoms with E-state index in [9.17, 15) is 0 Å². The molecule has 0 amide bonds. The number of benzene rings is 1. The second-order valence-electron chi connectivity index (χ2n) is 12.2. The van der Waals surface area contributed by atoms with Crippen molar-refractivity contribution < 1.29 is 0 Å². The first-order valence-corrected chi connectivity index (χ1v) is 16.2. The van der Waals surface area contributed by atoms with Crippen molar-refractivity contribution in [3.05, 3.63) is 154 Å². The van der Waals surface area contributed by atoms with Crippen molar-refractivity contribution in [3.63, 3.8) is 0 Å². The van der Waals surface area contributed by atoms with Gasteiger partial charge in [0.2, 0.25) is 0 Å². The highest BCUT2D eigenvalue weighted by Crippen LogP contribution is 2.43. The summed E-state index contributed by atoms with van der Waals surface area (Å²) in [4.78, 5) is 0. The van der Waals surface area contributed by atoms with Gasteiger partial charge >= 0.3 is 0 Å². The van der Waals surface area contributed by atoms with Gasteiger partial charge in [-0.1, -0.05) is 117 Å². The van der Waals surface area contributed by atoms with Crippen LogP contribution in [0.15, 0.2) is 143 Å². The van der Waals surface area contributed by atoms with Crippen molar-refractivity contribution in [3.8, 4) is 0 Å². The van der Waals surface area contributed by atoms with Gasteiger partial charge in [0, 0.05) is 17.3 Å². The van der Waals surface area contributed by atoms with Crippen LogP contribution >= 0.6 is 0 Å². The minimum Gasteiger partial charge on any atom is -0.365 e. The fourth-order valence-corrected chi connectivity index (χ4v) is 5.17. The summed E-state index contributed by atoms with van der Waals surface area (Å²) in [7, 11) is 0. The first-order valence-electron chi connectivity index (χ1n) is 16.2. The summed E-state index contributed by atoms with van der Waals surface area (Å²) in [5.41, 5.74) is 12.1. The molecule has 1 nitrogen and oxygen atoms in total. The molecule has 0 aromatic heterocycles. The number of allylic oxidation sites excluding steroid dienone is 19. The molecular formula is C42H57N. The Balaban J connectivity index is 2.29. The van der Waals surface area contributed by atoms with Crippen LogP contribution in [0.25, 0.3) is 0 Å². The summed E-state index contributed by atoms with van der Waals surface area (Å²) in [6, 6.07) is 9.00. The largest absolute Gasteiger partial charge is 0.365 e. The molecule has 0 aliphatic heterocycles. The molecule has 0 unspecified atom stereocenters. The van der Waals surface area contributed by atoms with Crippen molar-refractivity contribution >= 4 is 0 Å². The van der Waals surface area contributed by atoms with E-state index in [0.29, 0.717) is 0 Å². The van der Waals surface area contributed by atoms with Gasteiger partial charge in [-0.25, -0.2) is 0 Å². The van der Waals surface area contributed by atoms with Crippen molar-refractivity contribution in [2.24, 2.45) is 5.41 Å². The maximum absolute atomic E-state index is 3.40. The van der Waals surface area contributed by atoms with Crippen molar-refractivity contribution in [2.45, 2.75) is 101 Å². The molecule has 0 radical (unpaired) electrons. The van der Waals surface area contributed by atoms with Crippen LogP contribution in [0, 0.1) is 12.3 Å². The summed E-state index contributed by atoms with van der Waals surface area (Å²) < 4.78 is 0. The third-order valence-corrected chi connectivity index (χ3v) is 8.04. The highest BCUT2D eigenvalue weighted by Gasteiger charge is 2.28. The van der Waals surface area contributed by atoms with Gasteiger partial charge in [0.15, 0.2) is 0 Å². The van der Waals surface area contributed by atoms with Crippen LogP contribution < -0.4 is 5.32 Å². The molecule has 0 saturated heterocycles. The van der Waals surface area contributed by atoms with Crippen molar-refractivity contribution in [1.82, 2.24) is 5.32 Å². The summed E-state index contributed by atoms with van der Waals surface area (Å²) in [6.07, 6.45) is 35.6. The molecular weight excluding hydrogens is 518 g/mol. The van der Waals surface area contributed by atoms with Crippen LogP contribution in [0.3, 0.4) is 0 Å². The molecule has 1 aromatic rings. The van der Waals surface area contributed by atoms with Crippen molar-refractivity contribution in [2.75, 3.05) is 0 Å². The fourth-order valence-electron chi connectivity index (χ4n) is 5.17. The number of rotatable bonds is 17. The zero-order chi connectivity index (χ0) is 31.7. The summed E-state index contributed by atoms with van der Waals surface area (Å²) in [5.74, 6) is 0. The van der Waals surface area contributed by atoms with E-state index in [1.165, 1.54) is 57.4 Å². The molecule has 1 aliphatic carbocycles. The lowest BCUT2D eigenvalue weighted by atomic mass is 9.72. The van der Waals surface area contributed by atoms with Crippen LogP contribution in [0.4, 0.5) is 0 Å². The molecule has 230 valence electrons. The quantitative estimate of drug-likeness (QED) is 0.111. The monoisotopic (exact) mass is 575 g/mol. The Morgan fingerprint density at radius 3 is 2.35 bits per heavy atom. The van der Waals surface area contributed by atoms with Gasteiger partial charge in [-0.15, -0.1) is 0 Å². The molecule has 0 fully saturated rings. The molecule has 0 spiro atoms. The summed E-state index contributed by atoms with van der Waals surface area (Å²) >= 11 is 0. The van der Waals surface area contributed by atoms with E-state index in [4.69, 9.17) is 0 Å². The highest BCUT2D eigenvalue weighted by molar-refractivity contribution is 5.66. The zero-order valence-corrected chi connectivity index (χ0v) is 28.6. The smallest absolute Gasteiger partial charge is 0.0144 e. The van der Waals surface area contributed by atoms with E-state index in [0.717, 1.165) is 31.4 Å². The molecule has 1 heteroatoms. The molecule has 0 atom stereocenters. The second kappa shape index (κ2) is 18.9. The summed E-state index contributed by atoms with van der Waals surface area (Å²) in [6.45, 7) is 19.7. The first kappa shape index (κ1) is 35.6. The SMILES string of the molecule is C/C=C\C/C=C/C(C)(C)C1=C(/C=C\C=C/N/C(C)=C(C)/C=C\C)C(/C=C(CCCCc2ccc(C)cc2)/C(C)=C\CC)=C1. The Labute approximate surface area is 264 Å². The lowest BCUT2D eigenvalue weighted by molar-refractivity contribution is 0.583. The van der Waals surface area contributed by atoms with Gasteiger partial charge in [-0.3, -0.25) is 0 Å². The Bertz CT molecular complexity index is 1340. The van der Waals surface area contributed by atoms with E-state index in [-0.39, 0.29) is 5.41 Å². The number of hydrogen-bond donors (Lipinski definition) is 1. The highest BCUT2D eigenvalue weighted by atomic mass is 14.8. The molecule has 0 saturated carbocycles. The molecule has 0 heterocycles. The second-order valence-corrected chi connectivity index (χ2v) is 12.2. The average molecular weight is 576 g/mol. The van der Waals surface area contributed by atoms with Gasteiger partial charge in [-0.2, -0.15) is 0 Å². The van der Waals surface area contributed by atoms with Crippen LogP contribution in [-0.4, -0.2) is 0 Å². The van der Waals surface area contributed by atoms with Crippen LogP contribution in [0.2, 0.25) is 0 Å². The van der Waals surface area contributed by atoms with E-state index < -0.39 is 0 Å². The van der Waals surface area contributed by atoms with E-state index in [2.05, 4.69) is 158 Å². The topological polar surface area (TPSA) is 12.0 Å². The zero-order valence-electron chi connectivity index (χ0n) is 28.6. The van der Waals surface area contributed by atoms with Gasteiger partial charge < -0.3 is 5.32 Å². The van der Waals surface area contributed by atoms with Gasteiger partial charge in [0.1, 0.15) is 0 Å². The lowest BCUT2D eigenvalue weighted by Crippen LogP contribution is -2.18. The third kappa shape index (κ3) is 12.3. The molecule has 1 N–H and O–H groups in total. The normalized spacial score (nSPS) is 15.9. The minimum atomic E-state index is -0.0357.